The smallest absolute Gasteiger partial charge is 0.254 e. The van der Waals surface area contributed by atoms with Crippen LogP contribution in [0.3, 0.4) is 0 Å². The molecular formula is C23H31N3O3S. The second-order valence-electron chi connectivity index (χ2n) is 7.83. The Morgan fingerprint density at radius 2 is 1.77 bits per heavy atom. The molecule has 1 fully saturated rings. The van der Waals surface area contributed by atoms with Crippen molar-refractivity contribution in [2.45, 2.75) is 38.6 Å². The van der Waals surface area contributed by atoms with Crippen molar-refractivity contribution >= 4 is 15.9 Å². The van der Waals surface area contributed by atoms with Gasteiger partial charge in [0, 0.05) is 44.8 Å². The predicted octanol–water partition coefficient (Wildman–Crippen LogP) is 2.95. The van der Waals surface area contributed by atoms with Crippen molar-refractivity contribution in [3.63, 3.8) is 0 Å². The highest BCUT2D eigenvalue weighted by Crippen LogP contribution is 2.19. The molecule has 0 atom stereocenters. The number of benzene rings is 2. The van der Waals surface area contributed by atoms with Gasteiger partial charge < -0.3 is 4.90 Å². The molecule has 1 aliphatic heterocycles. The van der Waals surface area contributed by atoms with Crippen LogP contribution in [0.15, 0.2) is 47.4 Å². The molecule has 0 spiro atoms. The molecule has 6 nitrogen and oxygen atoms in total. The van der Waals surface area contributed by atoms with Gasteiger partial charge in [-0.25, -0.2) is 13.1 Å². The lowest BCUT2D eigenvalue weighted by Crippen LogP contribution is -2.35. The quantitative estimate of drug-likeness (QED) is 0.767. The minimum absolute atomic E-state index is 0.0983. The van der Waals surface area contributed by atoms with E-state index in [9.17, 15) is 13.2 Å². The maximum absolute atomic E-state index is 13.2. The van der Waals surface area contributed by atoms with Gasteiger partial charge in [-0.2, -0.15) is 0 Å². The first-order valence-corrected chi connectivity index (χ1v) is 12.0. The third kappa shape index (κ3) is 5.28. The molecule has 3 rings (SSSR count). The molecule has 162 valence electrons. The number of carbonyl (C=O) groups is 1. The topological polar surface area (TPSA) is 69.7 Å². The standard InChI is InChI=1S/C23H31N3O3S/c1-4-24-30(28,29)21-11-10-19(3)22(16-21)23(27)26-13-7-12-25(14-15-26)17-20-9-6-5-8-18(20)2/h5-6,8-11,16,24H,4,7,12-15,17H2,1-3H3. The zero-order valence-electron chi connectivity index (χ0n) is 18.0. The molecule has 0 aromatic heterocycles. The SMILES string of the molecule is CCNS(=O)(=O)c1ccc(C)c(C(=O)N2CCCN(Cc3ccccc3C)CC2)c1. The molecule has 1 heterocycles. The highest BCUT2D eigenvalue weighted by Gasteiger charge is 2.23. The third-order valence-electron chi connectivity index (χ3n) is 5.62. The monoisotopic (exact) mass is 429 g/mol. The van der Waals surface area contributed by atoms with E-state index in [0.717, 1.165) is 31.6 Å². The summed E-state index contributed by atoms with van der Waals surface area (Å²) in [6.07, 6.45) is 0.895. The molecule has 0 bridgehead atoms. The van der Waals surface area contributed by atoms with Crippen LogP contribution in [-0.4, -0.2) is 56.8 Å². The summed E-state index contributed by atoms with van der Waals surface area (Å²) in [5.74, 6) is -0.0983. The van der Waals surface area contributed by atoms with Crippen LogP contribution in [0.5, 0.6) is 0 Å². The van der Waals surface area contributed by atoms with Crippen molar-refractivity contribution in [2.75, 3.05) is 32.7 Å². The Morgan fingerprint density at radius 1 is 1.00 bits per heavy atom. The highest BCUT2D eigenvalue weighted by molar-refractivity contribution is 7.89. The summed E-state index contributed by atoms with van der Waals surface area (Å²) in [5, 5.41) is 0. The summed E-state index contributed by atoms with van der Waals surface area (Å²) in [6, 6.07) is 13.2. The first kappa shape index (κ1) is 22.5. The summed E-state index contributed by atoms with van der Waals surface area (Å²) in [6.45, 7) is 9.94. The molecule has 30 heavy (non-hydrogen) atoms. The number of nitrogens with zero attached hydrogens (tertiary/aromatic N) is 2. The Kier molecular flexibility index (Phi) is 7.28. The van der Waals surface area contributed by atoms with Crippen molar-refractivity contribution in [3.8, 4) is 0 Å². The molecule has 1 saturated heterocycles. The number of nitrogens with one attached hydrogen (secondary N) is 1. The third-order valence-corrected chi connectivity index (χ3v) is 7.16. The second-order valence-corrected chi connectivity index (χ2v) is 9.59. The molecular weight excluding hydrogens is 398 g/mol. The fraction of sp³-hybridized carbons (Fsp3) is 0.435. The molecule has 1 aliphatic rings. The van der Waals surface area contributed by atoms with Crippen LogP contribution in [0.1, 0.15) is 40.4 Å². The average Bonchev–Trinajstić information content (AvgIpc) is 2.95. The van der Waals surface area contributed by atoms with Crippen LogP contribution >= 0.6 is 0 Å². The highest BCUT2D eigenvalue weighted by atomic mass is 32.2. The molecule has 2 aromatic carbocycles. The van der Waals surface area contributed by atoms with Gasteiger partial charge in [-0.3, -0.25) is 9.69 Å². The van der Waals surface area contributed by atoms with Gasteiger partial charge in [0.2, 0.25) is 10.0 Å². The minimum atomic E-state index is -3.60. The van der Waals surface area contributed by atoms with Crippen LogP contribution in [0.25, 0.3) is 0 Å². The Hall–Kier alpha value is -2.22. The van der Waals surface area contributed by atoms with E-state index in [2.05, 4.69) is 34.7 Å². The van der Waals surface area contributed by atoms with Crippen molar-refractivity contribution in [2.24, 2.45) is 0 Å². The molecule has 0 radical (unpaired) electrons. The van der Waals surface area contributed by atoms with Gasteiger partial charge >= 0.3 is 0 Å². The molecule has 0 aliphatic carbocycles. The summed E-state index contributed by atoms with van der Waals surface area (Å²) in [5.41, 5.74) is 3.84. The van der Waals surface area contributed by atoms with E-state index in [1.54, 1.807) is 19.1 Å². The largest absolute Gasteiger partial charge is 0.337 e. The van der Waals surface area contributed by atoms with Crippen molar-refractivity contribution in [1.29, 1.82) is 0 Å². The number of rotatable bonds is 6. The maximum atomic E-state index is 13.2. The zero-order chi connectivity index (χ0) is 21.7. The van der Waals surface area contributed by atoms with Crippen LogP contribution < -0.4 is 4.72 Å². The Labute approximate surface area is 179 Å². The summed E-state index contributed by atoms with van der Waals surface area (Å²) < 4.78 is 27.2. The maximum Gasteiger partial charge on any atom is 0.254 e. The average molecular weight is 430 g/mol. The number of hydrogen-bond acceptors (Lipinski definition) is 4. The minimum Gasteiger partial charge on any atom is -0.337 e. The Bertz CT molecular complexity index is 1000. The van der Waals surface area contributed by atoms with E-state index < -0.39 is 10.0 Å². The molecule has 2 aromatic rings. The number of amides is 1. The van der Waals surface area contributed by atoms with Crippen molar-refractivity contribution < 1.29 is 13.2 Å². The van der Waals surface area contributed by atoms with E-state index >= 15 is 0 Å². The summed E-state index contributed by atoms with van der Waals surface area (Å²) in [4.78, 5) is 17.6. The van der Waals surface area contributed by atoms with Gasteiger partial charge in [-0.15, -0.1) is 0 Å². The first-order chi connectivity index (χ1) is 14.3. The number of carbonyl (C=O) groups excluding carboxylic acids is 1. The predicted molar refractivity (Wildman–Crippen MR) is 119 cm³/mol. The zero-order valence-corrected chi connectivity index (χ0v) is 18.8. The Balaban J connectivity index is 1.72. The normalized spacial score (nSPS) is 15.8. The molecule has 7 heteroatoms. The van der Waals surface area contributed by atoms with Crippen LogP contribution in [-0.2, 0) is 16.6 Å². The van der Waals surface area contributed by atoms with Crippen LogP contribution in [0.2, 0.25) is 0 Å². The molecule has 1 amide bonds. The van der Waals surface area contributed by atoms with Gasteiger partial charge in [0.1, 0.15) is 0 Å². The van der Waals surface area contributed by atoms with Gasteiger partial charge in [0.25, 0.3) is 5.91 Å². The van der Waals surface area contributed by atoms with Gasteiger partial charge in [-0.05, 0) is 49.1 Å². The summed E-state index contributed by atoms with van der Waals surface area (Å²) >= 11 is 0. The van der Waals surface area contributed by atoms with Crippen molar-refractivity contribution in [3.05, 3.63) is 64.7 Å². The summed E-state index contributed by atoms with van der Waals surface area (Å²) in [7, 11) is -3.60. The van der Waals surface area contributed by atoms with Gasteiger partial charge in [0.15, 0.2) is 0 Å². The van der Waals surface area contributed by atoms with E-state index in [-0.39, 0.29) is 10.8 Å². The van der Waals surface area contributed by atoms with E-state index in [1.165, 1.54) is 17.2 Å². The fourth-order valence-electron chi connectivity index (χ4n) is 3.80. The second kappa shape index (κ2) is 9.73. The van der Waals surface area contributed by atoms with E-state index in [0.29, 0.717) is 25.2 Å². The first-order valence-electron chi connectivity index (χ1n) is 10.5. The van der Waals surface area contributed by atoms with Crippen LogP contribution in [0, 0.1) is 13.8 Å². The lowest BCUT2D eigenvalue weighted by Gasteiger charge is -2.23. The number of hydrogen-bond donors (Lipinski definition) is 1. The van der Waals surface area contributed by atoms with Gasteiger partial charge in [-0.1, -0.05) is 37.3 Å². The lowest BCUT2D eigenvalue weighted by atomic mass is 10.1. The van der Waals surface area contributed by atoms with Crippen LogP contribution in [0.4, 0.5) is 0 Å². The number of sulfonamides is 1. The van der Waals surface area contributed by atoms with Crippen molar-refractivity contribution in [1.82, 2.24) is 14.5 Å². The van der Waals surface area contributed by atoms with E-state index in [1.807, 2.05) is 17.9 Å². The fourth-order valence-corrected chi connectivity index (χ4v) is 4.87. The van der Waals surface area contributed by atoms with E-state index in [4.69, 9.17) is 0 Å². The lowest BCUT2D eigenvalue weighted by molar-refractivity contribution is 0.0760. The number of aryl methyl sites for hydroxylation is 2. The Morgan fingerprint density at radius 3 is 2.50 bits per heavy atom. The van der Waals surface area contributed by atoms with Gasteiger partial charge in [0.05, 0.1) is 4.90 Å². The molecule has 0 saturated carbocycles. The molecule has 1 N–H and O–H groups in total. The molecule has 0 unspecified atom stereocenters.